The van der Waals surface area contributed by atoms with Crippen LogP contribution in [-0.2, 0) is 4.57 Å². The standard InChI is InChI=1S/C18H12N3O7P/c22-19(23)13-1-7-16(8-2-13)29(28,17-9-3-14(4-10-17)20(24)25)18-11-5-15(6-12-18)21(26)27/h1-12H. The van der Waals surface area contributed by atoms with E-state index < -0.39 is 21.9 Å². The van der Waals surface area contributed by atoms with E-state index >= 15 is 0 Å². The van der Waals surface area contributed by atoms with Crippen LogP contribution < -0.4 is 15.9 Å². The molecule has 11 heteroatoms. The van der Waals surface area contributed by atoms with E-state index in [0.29, 0.717) is 0 Å². The maximum Gasteiger partial charge on any atom is 0.269 e. The van der Waals surface area contributed by atoms with Gasteiger partial charge in [0, 0.05) is 52.3 Å². The zero-order chi connectivity index (χ0) is 21.2. The summed E-state index contributed by atoms with van der Waals surface area (Å²) < 4.78 is 14.2. The van der Waals surface area contributed by atoms with Crippen molar-refractivity contribution >= 4 is 40.1 Å². The van der Waals surface area contributed by atoms with Crippen LogP contribution in [0.2, 0.25) is 0 Å². The summed E-state index contributed by atoms with van der Waals surface area (Å²) in [7, 11) is -3.59. The lowest BCUT2D eigenvalue weighted by Gasteiger charge is -2.19. The quantitative estimate of drug-likeness (QED) is 0.343. The number of hydrogen-bond donors (Lipinski definition) is 0. The number of benzene rings is 3. The molecule has 3 rings (SSSR count). The first-order valence-corrected chi connectivity index (χ1v) is 9.79. The number of nitro benzene ring substituents is 3. The molecule has 0 radical (unpaired) electrons. The van der Waals surface area contributed by atoms with Crippen molar-refractivity contribution in [3.63, 3.8) is 0 Å². The fourth-order valence-corrected chi connectivity index (χ4v) is 5.40. The van der Waals surface area contributed by atoms with Crippen LogP contribution in [0.25, 0.3) is 0 Å². The molecule has 0 aliphatic rings. The molecule has 10 nitrogen and oxygen atoms in total. The molecule has 0 aliphatic heterocycles. The largest absolute Gasteiger partial charge is 0.309 e. The van der Waals surface area contributed by atoms with Gasteiger partial charge >= 0.3 is 0 Å². The first-order valence-electron chi connectivity index (χ1n) is 8.08. The van der Waals surface area contributed by atoms with Crippen LogP contribution in [0.4, 0.5) is 17.1 Å². The van der Waals surface area contributed by atoms with Gasteiger partial charge in [-0.1, -0.05) is 0 Å². The van der Waals surface area contributed by atoms with Crippen molar-refractivity contribution in [2.24, 2.45) is 0 Å². The minimum Gasteiger partial charge on any atom is -0.309 e. The second-order valence-electron chi connectivity index (χ2n) is 5.93. The molecule has 0 saturated carbocycles. The summed E-state index contributed by atoms with van der Waals surface area (Å²) in [6.45, 7) is 0. The zero-order valence-electron chi connectivity index (χ0n) is 14.6. The number of rotatable bonds is 6. The summed E-state index contributed by atoms with van der Waals surface area (Å²) in [5.41, 5.74) is -0.562. The predicted molar refractivity (Wildman–Crippen MR) is 106 cm³/mol. The number of nitro groups is 3. The highest BCUT2D eigenvalue weighted by Crippen LogP contribution is 2.43. The molecular formula is C18H12N3O7P. The van der Waals surface area contributed by atoms with Crippen molar-refractivity contribution < 1.29 is 19.3 Å². The van der Waals surface area contributed by atoms with Crippen molar-refractivity contribution in [2.75, 3.05) is 0 Å². The molecule has 0 aromatic heterocycles. The van der Waals surface area contributed by atoms with Gasteiger partial charge < -0.3 is 4.57 Å². The lowest BCUT2D eigenvalue weighted by molar-refractivity contribution is -0.385. The maximum absolute atomic E-state index is 14.2. The Morgan fingerprint density at radius 3 is 0.862 bits per heavy atom. The third kappa shape index (κ3) is 3.74. The monoisotopic (exact) mass is 413 g/mol. The highest BCUT2D eigenvalue weighted by atomic mass is 31.2. The van der Waals surface area contributed by atoms with E-state index in [2.05, 4.69) is 0 Å². The second kappa shape index (κ2) is 7.61. The Hall–Kier alpha value is -3.91. The van der Waals surface area contributed by atoms with Crippen LogP contribution in [0.5, 0.6) is 0 Å². The first-order chi connectivity index (χ1) is 13.7. The summed E-state index contributed by atoms with van der Waals surface area (Å²) in [6.07, 6.45) is 0. The van der Waals surface area contributed by atoms with Gasteiger partial charge in [-0.05, 0) is 36.4 Å². The molecule has 0 bridgehead atoms. The topological polar surface area (TPSA) is 146 Å². The molecule has 0 heterocycles. The van der Waals surface area contributed by atoms with E-state index in [9.17, 15) is 34.9 Å². The van der Waals surface area contributed by atoms with Gasteiger partial charge in [0.25, 0.3) is 17.1 Å². The second-order valence-corrected chi connectivity index (χ2v) is 8.70. The molecule has 3 aromatic carbocycles. The van der Waals surface area contributed by atoms with Gasteiger partial charge in [-0.25, -0.2) is 0 Å². The Morgan fingerprint density at radius 2 is 0.690 bits per heavy atom. The Morgan fingerprint density at radius 1 is 0.483 bits per heavy atom. The Balaban J connectivity index is 2.19. The average molecular weight is 413 g/mol. The average Bonchev–Trinajstić information content (AvgIpc) is 2.73. The minimum absolute atomic E-state index is 0.187. The van der Waals surface area contributed by atoms with E-state index in [1.807, 2.05) is 0 Å². The first kappa shape index (κ1) is 19.8. The van der Waals surface area contributed by atoms with Crippen LogP contribution in [0, 0.1) is 30.3 Å². The highest BCUT2D eigenvalue weighted by molar-refractivity contribution is 7.85. The van der Waals surface area contributed by atoms with Crippen LogP contribution in [0.15, 0.2) is 72.8 Å². The fraction of sp³-hybridized carbons (Fsp3) is 0. The molecule has 146 valence electrons. The summed E-state index contributed by atoms with van der Waals surface area (Å²) in [4.78, 5) is 31.0. The van der Waals surface area contributed by atoms with Gasteiger partial charge in [-0.15, -0.1) is 0 Å². The van der Waals surface area contributed by atoms with Crippen molar-refractivity contribution in [2.45, 2.75) is 0 Å². The summed E-state index contributed by atoms with van der Waals surface area (Å²) in [5.74, 6) is 0. The third-order valence-electron chi connectivity index (χ3n) is 4.27. The molecular weight excluding hydrogens is 401 g/mol. The van der Waals surface area contributed by atoms with Crippen molar-refractivity contribution in [1.29, 1.82) is 0 Å². The fourth-order valence-electron chi connectivity index (χ4n) is 2.80. The van der Waals surface area contributed by atoms with Crippen molar-refractivity contribution in [3.8, 4) is 0 Å². The van der Waals surface area contributed by atoms with E-state index in [1.165, 1.54) is 72.8 Å². The molecule has 0 saturated heterocycles. The van der Waals surface area contributed by atoms with Gasteiger partial charge in [0.15, 0.2) is 7.14 Å². The van der Waals surface area contributed by atoms with E-state index in [0.717, 1.165) is 0 Å². The summed E-state index contributed by atoms with van der Waals surface area (Å²) in [5, 5.41) is 33.5. The number of non-ortho nitro benzene ring substituents is 3. The van der Waals surface area contributed by atoms with Gasteiger partial charge in [-0.3, -0.25) is 30.3 Å². The minimum atomic E-state index is -3.59. The summed E-state index contributed by atoms with van der Waals surface area (Å²) >= 11 is 0. The molecule has 0 fully saturated rings. The van der Waals surface area contributed by atoms with Crippen molar-refractivity contribution in [1.82, 2.24) is 0 Å². The number of hydrogen-bond acceptors (Lipinski definition) is 7. The molecule has 3 aromatic rings. The smallest absolute Gasteiger partial charge is 0.269 e. The lowest BCUT2D eigenvalue weighted by atomic mass is 10.3. The zero-order valence-corrected chi connectivity index (χ0v) is 15.5. The SMILES string of the molecule is O=[N+]([O-])c1ccc(P(=O)(c2ccc([N+](=O)[O-])cc2)c2ccc([N+](=O)[O-])cc2)cc1. The predicted octanol–water partition coefficient (Wildman–Crippen LogP) is 3.05. The van der Waals surface area contributed by atoms with Gasteiger partial charge in [0.2, 0.25) is 0 Å². The normalized spacial score (nSPS) is 11.0. The molecule has 0 N–H and O–H groups in total. The van der Waals surface area contributed by atoms with Crippen molar-refractivity contribution in [3.05, 3.63) is 103 Å². The van der Waals surface area contributed by atoms with Crippen LogP contribution in [0.1, 0.15) is 0 Å². The van der Waals surface area contributed by atoms with Gasteiger partial charge in [0.05, 0.1) is 14.8 Å². The van der Waals surface area contributed by atoms with E-state index in [-0.39, 0.29) is 33.0 Å². The Labute approximate surface area is 163 Å². The summed E-state index contributed by atoms with van der Waals surface area (Å²) in [6, 6.07) is 15.3. The molecule has 0 amide bonds. The molecule has 0 spiro atoms. The van der Waals surface area contributed by atoms with Crippen LogP contribution in [-0.4, -0.2) is 14.8 Å². The molecule has 29 heavy (non-hydrogen) atoms. The third-order valence-corrected chi connectivity index (χ3v) is 7.35. The molecule has 0 unspecified atom stereocenters. The molecule has 0 atom stereocenters. The van der Waals surface area contributed by atoms with E-state index in [1.54, 1.807) is 0 Å². The molecule has 0 aliphatic carbocycles. The highest BCUT2D eigenvalue weighted by Gasteiger charge is 2.31. The van der Waals surface area contributed by atoms with Gasteiger partial charge in [0.1, 0.15) is 0 Å². The van der Waals surface area contributed by atoms with E-state index in [4.69, 9.17) is 0 Å². The Bertz CT molecular complexity index is 997. The van der Waals surface area contributed by atoms with Crippen LogP contribution >= 0.6 is 7.14 Å². The lowest BCUT2D eigenvalue weighted by Crippen LogP contribution is -2.25. The Kier molecular flexibility index (Phi) is 5.20. The van der Waals surface area contributed by atoms with Crippen LogP contribution in [0.3, 0.4) is 0 Å². The maximum atomic E-state index is 14.2. The number of nitrogens with zero attached hydrogens (tertiary/aromatic N) is 3. The van der Waals surface area contributed by atoms with Gasteiger partial charge in [-0.2, -0.15) is 0 Å².